The minimum absolute atomic E-state index is 0.0361. The predicted molar refractivity (Wildman–Crippen MR) is 83.3 cm³/mol. The first-order valence-electron chi connectivity index (χ1n) is 5.92. The van der Waals surface area contributed by atoms with Crippen LogP contribution in [0, 0.1) is 2.88 Å². The summed E-state index contributed by atoms with van der Waals surface area (Å²) in [5.41, 5.74) is 9.96. The van der Waals surface area contributed by atoms with Gasteiger partial charge in [-0.2, -0.15) is 0 Å². The Labute approximate surface area is 124 Å². The van der Waals surface area contributed by atoms with Crippen molar-refractivity contribution in [1.82, 2.24) is 0 Å². The molecule has 3 rings (SSSR count). The van der Waals surface area contributed by atoms with Gasteiger partial charge in [-0.25, -0.2) is 0 Å². The minimum Gasteiger partial charge on any atom is -0.490 e. The van der Waals surface area contributed by atoms with Crippen molar-refractivity contribution >= 4 is 33.9 Å². The summed E-state index contributed by atoms with van der Waals surface area (Å²) in [6.07, 6.45) is 1.27. The lowest BCUT2D eigenvalue weighted by Crippen LogP contribution is -2.11. The highest BCUT2D eigenvalue weighted by atomic mass is 127. The summed E-state index contributed by atoms with van der Waals surface area (Å²) in [5.74, 6) is 1.01. The van der Waals surface area contributed by atoms with Crippen LogP contribution < -0.4 is 10.5 Å². The fourth-order valence-electron chi connectivity index (χ4n) is 2.31. The molecular weight excluding hydrogens is 357 g/mol. The normalized spacial score (nSPS) is 19.4. The molecule has 0 saturated heterocycles. The van der Waals surface area contributed by atoms with Gasteiger partial charge in [-0.05, 0) is 63.7 Å². The zero-order chi connectivity index (χ0) is 12.7. The SMILES string of the molecule is CC1Cc2cc(C(N)c3csc(I)c3)ccc2O1. The van der Waals surface area contributed by atoms with Gasteiger partial charge in [0.15, 0.2) is 0 Å². The van der Waals surface area contributed by atoms with Crippen LogP contribution in [-0.2, 0) is 6.42 Å². The van der Waals surface area contributed by atoms with Crippen LogP contribution in [0.3, 0.4) is 0 Å². The van der Waals surface area contributed by atoms with Gasteiger partial charge >= 0.3 is 0 Å². The molecule has 2 aromatic rings. The monoisotopic (exact) mass is 371 g/mol. The molecule has 1 aromatic carbocycles. The highest BCUT2D eigenvalue weighted by molar-refractivity contribution is 14.1. The average molecular weight is 371 g/mol. The van der Waals surface area contributed by atoms with Gasteiger partial charge in [-0.1, -0.05) is 12.1 Å². The van der Waals surface area contributed by atoms with E-state index in [0.29, 0.717) is 0 Å². The van der Waals surface area contributed by atoms with Crippen molar-refractivity contribution in [2.75, 3.05) is 0 Å². The van der Waals surface area contributed by atoms with E-state index in [2.05, 4.69) is 53.1 Å². The topological polar surface area (TPSA) is 35.2 Å². The Hall–Kier alpha value is -0.590. The number of hydrogen-bond acceptors (Lipinski definition) is 3. The molecule has 0 saturated carbocycles. The third-order valence-electron chi connectivity index (χ3n) is 3.23. The van der Waals surface area contributed by atoms with Crippen LogP contribution in [0.2, 0.25) is 0 Å². The summed E-state index contributed by atoms with van der Waals surface area (Å²) in [6, 6.07) is 8.43. The van der Waals surface area contributed by atoms with Crippen molar-refractivity contribution in [3.8, 4) is 5.75 Å². The maximum absolute atomic E-state index is 6.32. The van der Waals surface area contributed by atoms with Gasteiger partial charge in [0.2, 0.25) is 0 Å². The number of halogens is 1. The summed E-state index contributed by atoms with van der Waals surface area (Å²) in [4.78, 5) is 0. The smallest absolute Gasteiger partial charge is 0.123 e. The molecule has 0 fully saturated rings. The molecule has 2 atom stereocenters. The summed E-state index contributed by atoms with van der Waals surface area (Å²) in [7, 11) is 0. The maximum atomic E-state index is 6.32. The highest BCUT2D eigenvalue weighted by Crippen LogP contribution is 2.33. The quantitative estimate of drug-likeness (QED) is 0.817. The molecule has 4 heteroatoms. The lowest BCUT2D eigenvalue weighted by Gasteiger charge is -2.11. The second-order valence-electron chi connectivity index (χ2n) is 4.66. The third-order valence-corrected chi connectivity index (χ3v) is 5.03. The molecule has 1 aromatic heterocycles. The number of nitrogens with two attached hydrogens (primary N) is 1. The van der Waals surface area contributed by atoms with E-state index in [4.69, 9.17) is 10.5 Å². The summed E-state index contributed by atoms with van der Waals surface area (Å²) < 4.78 is 6.99. The molecule has 0 amide bonds. The van der Waals surface area contributed by atoms with Crippen LogP contribution in [0.25, 0.3) is 0 Å². The Bertz CT molecular complexity index is 581. The number of rotatable bonds is 2. The molecule has 94 valence electrons. The van der Waals surface area contributed by atoms with Crippen molar-refractivity contribution in [2.45, 2.75) is 25.5 Å². The zero-order valence-corrected chi connectivity index (χ0v) is 13.0. The van der Waals surface area contributed by atoms with Gasteiger partial charge < -0.3 is 10.5 Å². The number of thiophene rings is 1. The van der Waals surface area contributed by atoms with Gasteiger partial charge in [0.25, 0.3) is 0 Å². The molecular formula is C14H14INOS. The molecule has 2 unspecified atom stereocenters. The van der Waals surface area contributed by atoms with Crippen LogP contribution in [-0.4, -0.2) is 6.10 Å². The molecule has 0 spiro atoms. The van der Waals surface area contributed by atoms with E-state index in [1.54, 1.807) is 11.3 Å². The fourth-order valence-corrected chi connectivity index (χ4v) is 3.72. The zero-order valence-electron chi connectivity index (χ0n) is 10.0. The van der Waals surface area contributed by atoms with E-state index in [9.17, 15) is 0 Å². The lowest BCUT2D eigenvalue weighted by atomic mass is 9.99. The van der Waals surface area contributed by atoms with Gasteiger partial charge in [0.05, 0.1) is 8.93 Å². The highest BCUT2D eigenvalue weighted by Gasteiger charge is 2.20. The van der Waals surface area contributed by atoms with Crippen molar-refractivity contribution < 1.29 is 4.74 Å². The summed E-state index contributed by atoms with van der Waals surface area (Å²) >= 11 is 4.06. The Morgan fingerprint density at radius 3 is 2.94 bits per heavy atom. The second kappa shape index (κ2) is 4.83. The summed E-state index contributed by atoms with van der Waals surface area (Å²) in [5, 5.41) is 2.14. The van der Waals surface area contributed by atoms with E-state index in [0.717, 1.165) is 12.2 Å². The Morgan fingerprint density at radius 1 is 1.39 bits per heavy atom. The minimum atomic E-state index is -0.0361. The van der Waals surface area contributed by atoms with E-state index in [-0.39, 0.29) is 12.1 Å². The van der Waals surface area contributed by atoms with Gasteiger partial charge in [-0.15, -0.1) is 11.3 Å². The number of hydrogen-bond donors (Lipinski definition) is 1. The molecule has 18 heavy (non-hydrogen) atoms. The number of benzene rings is 1. The first-order valence-corrected chi connectivity index (χ1v) is 7.88. The van der Waals surface area contributed by atoms with Gasteiger partial charge in [0, 0.05) is 6.42 Å². The summed E-state index contributed by atoms with van der Waals surface area (Å²) in [6.45, 7) is 2.10. The maximum Gasteiger partial charge on any atom is 0.123 e. The second-order valence-corrected chi connectivity index (χ2v) is 7.47. The molecule has 1 aliphatic rings. The first-order chi connectivity index (χ1) is 8.63. The molecule has 0 aliphatic carbocycles. The van der Waals surface area contributed by atoms with E-state index in [1.165, 1.54) is 19.6 Å². The predicted octanol–water partition coefficient (Wildman–Crippen LogP) is 3.72. The van der Waals surface area contributed by atoms with E-state index in [1.807, 2.05) is 6.07 Å². The van der Waals surface area contributed by atoms with Crippen molar-refractivity contribution in [2.24, 2.45) is 5.73 Å². The number of fused-ring (bicyclic) bond motifs is 1. The van der Waals surface area contributed by atoms with E-state index < -0.39 is 0 Å². The molecule has 2 heterocycles. The van der Waals surface area contributed by atoms with Crippen LogP contribution in [0.4, 0.5) is 0 Å². The van der Waals surface area contributed by atoms with E-state index >= 15 is 0 Å². The largest absolute Gasteiger partial charge is 0.490 e. The van der Waals surface area contributed by atoms with Crippen molar-refractivity contribution in [3.63, 3.8) is 0 Å². The Balaban J connectivity index is 1.91. The number of ether oxygens (including phenoxy) is 1. The van der Waals surface area contributed by atoms with Gasteiger partial charge in [0.1, 0.15) is 11.9 Å². The molecule has 1 aliphatic heterocycles. The van der Waals surface area contributed by atoms with Crippen LogP contribution in [0.5, 0.6) is 5.75 Å². The average Bonchev–Trinajstić information content (AvgIpc) is 2.92. The first kappa shape index (κ1) is 12.4. The molecule has 2 N–H and O–H groups in total. The molecule has 0 radical (unpaired) electrons. The van der Waals surface area contributed by atoms with Crippen molar-refractivity contribution in [3.05, 3.63) is 49.2 Å². The van der Waals surface area contributed by atoms with Crippen LogP contribution in [0.1, 0.15) is 29.7 Å². The fraction of sp³-hybridized carbons (Fsp3) is 0.286. The molecule has 2 nitrogen and oxygen atoms in total. The van der Waals surface area contributed by atoms with Crippen molar-refractivity contribution in [1.29, 1.82) is 0 Å². The lowest BCUT2D eigenvalue weighted by molar-refractivity contribution is 0.254. The standard InChI is InChI=1S/C14H14INOS/c1-8-4-10-5-9(2-3-12(10)17-8)14(16)11-6-13(15)18-7-11/h2-3,5-8,14H,4,16H2,1H3. The van der Waals surface area contributed by atoms with Gasteiger partial charge in [-0.3, -0.25) is 0 Å². The Morgan fingerprint density at radius 2 is 2.22 bits per heavy atom. The van der Waals surface area contributed by atoms with Crippen LogP contribution >= 0.6 is 33.9 Å². The van der Waals surface area contributed by atoms with Crippen LogP contribution in [0.15, 0.2) is 29.6 Å². The Kier molecular flexibility index (Phi) is 3.34. The third kappa shape index (κ3) is 2.29. The molecule has 0 bridgehead atoms.